The smallest absolute Gasteiger partial charge is 0.224 e. The lowest BCUT2D eigenvalue weighted by atomic mass is 10.00. The molecule has 2 rings (SSSR count). The van der Waals surface area contributed by atoms with Crippen LogP contribution in [0.25, 0.3) is 10.9 Å². The second-order valence-corrected chi connectivity index (χ2v) is 5.42. The van der Waals surface area contributed by atoms with Crippen molar-refractivity contribution in [1.29, 1.82) is 0 Å². The van der Waals surface area contributed by atoms with Crippen LogP contribution in [0, 0.1) is 0 Å². The normalized spacial score (nSPS) is 11.5. The second kappa shape index (κ2) is 5.36. The SMILES string of the molecule is CC(C)(N)CCC(=O)Nc1cccc2cccnc12. The van der Waals surface area contributed by atoms with E-state index in [-0.39, 0.29) is 11.4 Å². The van der Waals surface area contributed by atoms with Gasteiger partial charge >= 0.3 is 0 Å². The molecular formula is C15H19N3O. The van der Waals surface area contributed by atoms with Crippen LogP contribution in [0.5, 0.6) is 0 Å². The summed E-state index contributed by atoms with van der Waals surface area (Å²) in [7, 11) is 0. The van der Waals surface area contributed by atoms with Gasteiger partial charge in [0.1, 0.15) is 0 Å². The zero-order chi connectivity index (χ0) is 13.9. The molecule has 0 unspecified atom stereocenters. The third-order valence-corrected chi connectivity index (χ3v) is 2.90. The molecule has 0 fully saturated rings. The lowest BCUT2D eigenvalue weighted by Crippen LogP contribution is -2.33. The van der Waals surface area contributed by atoms with E-state index in [9.17, 15) is 4.79 Å². The number of carbonyl (C=O) groups excluding carboxylic acids is 1. The first kappa shape index (κ1) is 13.5. The standard InChI is InChI=1S/C15H19N3O/c1-15(2,16)9-8-13(19)18-12-7-3-5-11-6-4-10-17-14(11)12/h3-7,10H,8-9,16H2,1-2H3,(H,18,19). The van der Waals surface area contributed by atoms with Crippen molar-refractivity contribution in [3.8, 4) is 0 Å². The van der Waals surface area contributed by atoms with Crippen LogP contribution in [0.2, 0.25) is 0 Å². The summed E-state index contributed by atoms with van der Waals surface area (Å²) in [6.45, 7) is 3.83. The molecular weight excluding hydrogens is 238 g/mol. The topological polar surface area (TPSA) is 68.0 Å². The molecule has 19 heavy (non-hydrogen) atoms. The van der Waals surface area contributed by atoms with Gasteiger partial charge in [-0.3, -0.25) is 9.78 Å². The Morgan fingerprint density at radius 1 is 1.32 bits per heavy atom. The molecule has 3 N–H and O–H groups in total. The van der Waals surface area contributed by atoms with Gasteiger partial charge in [-0.25, -0.2) is 0 Å². The minimum atomic E-state index is -0.325. The summed E-state index contributed by atoms with van der Waals surface area (Å²) in [6, 6.07) is 9.60. The van der Waals surface area contributed by atoms with Crippen LogP contribution in [-0.4, -0.2) is 16.4 Å². The first-order valence-electron chi connectivity index (χ1n) is 6.38. The number of anilines is 1. The molecule has 0 saturated heterocycles. The molecule has 1 heterocycles. The molecule has 4 heteroatoms. The van der Waals surface area contributed by atoms with Gasteiger partial charge in [0.25, 0.3) is 0 Å². The van der Waals surface area contributed by atoms with Gasteiger partial charge in [0.05, 0.1) is 11.2 Å². The molecule has 0 bridgehead atoms. The van der Waals surface area contributed by atoms with Crippen LogP contribution in [-0.2, 0) is 4.79 Å². The molecule has 100 valence electrons. The minimum absolute atomic E-state index is 0.0309. The van der Waals surface area contributed by atoms with Crippen LogP contribution in [0.15, 0.2) is 36.5 Å². The number of carbonyl (C=O) groups is 1. The molecule has 1 aromatic heterocycles. The third-order valence-electron chi connectivity index (χ3n) is 2.90. The molecule has 0 spiro atoms. The summed E-state index contributed by atoms with van der Waals surface area (Å²) in [5.74, 6) is -0.0309. The second-order valence-electron chi connectivity index (χ2n) is 5.42. The zero-order valence-electron chi connectivity index (χ0n) is 11.3. The van der Waals surface area contributed by atoms with E-state index in [4.69, 9.17) is 5.73 Å². The molecule has 2 aromatic rings. The number of pyridine rings is 1. The van der Waals surface area contributed by atoms with Gasteiger partial charge in [-0.15, -0.1) is 0 Å². The van der Waals surface area contributed by atoms with Gasteiger partial charge in [-0.2, -0.15) is 0 Å². The molecule has 0 aliphatic heterocycles. The predicted octanol–water partition coefficient (Wildman–Crippen LogP) is 2.69. The van der Waals surface area contributed by atoms with Gasteiger partial charge in [0, 0.05) is 23.5 Å². The summed E-state index contributed by atoms with van der Waals surface area (Å²) in [5.41, 5.74) is 7.11. The fraction of sp³-hybridized carbons (Fsp3) is 0.333. The van der Waals surface area contributed by atoms with E-state index in [2.05, 4.69) is 10.3 Å². The van der Waals surface area contributed by atoms with Gasteiger partial charge < -0.3 is 11.1 Å². The number of aromatic nitrogens is 1. The summed E-state index contributed by atoms with van der Waals surface area (Å²) in [4.78, 5) is 16.2. The van der Waals surface area contributed by atoms with Crippen molar-refractivity contribution in [2.75, 3.05) is 5.32 Å². The van der Waals surface area contributed by atoms with Crippen LogP contribution in [0.4, 0.5) is 5.69 Å². The van der Waals surface area contributed by atoms with Crippen molar-refractivity contribution < 1.29 is 4.79 Å². The van der Waals surface area contributed by atoms with E-state index in [0.29, 0.717) is 12.8 Å². The van der Waals surface area contributed by atoms with Crippen molar-refractivity contribution in [2.45, 2.75) is 32.2 Å². The number of hydrogen-bond acceptors (Lipinski definition) is 3. The van der Waals surface area contributed by atoms with Gasteiger partial charge in [0.15, 0.2) is 0 Å². The van der Waals surface area contributed by atoms with Gasteiger partial charge in [-0.05, 0) is 32.4 Å². The molecule has 0 aliphatic rings. The first-order chi connectivity index (χ1) is 8.96. The van der Waals surface area contributed by atoms with E-state index >= 15 is 0 Å². The number of para-hydroxylation sites is 1. The molecule has 4 nitrogen and oxygen atoms in total. The zero-order valence-corrected chi connectivity index (χ0v) is 11.3. The highest BCUT2D eigenvalue weighted by Crippen LogP contribution is 2.21. The Balaban J connectivity index is 2.11. The number of benzene rings is 1. The van der Waals surface area contributed by atoms with E-state index in [1.54, 1.807) is 6.20 Å². The van der Waals surface area contributed by atoms with Gasteiger partial charge in [-0.1, -0.05) is 18.2 Å². The van der Waals surface area contributed by atoms with Crippen molar-refractivity contribution in [3.05, 3.63) is 36.5 Å². The summed E-state index contributed by atoms with van der Waals surface area (Å²) in [6.07, 6.45) is 2.78. The Kier molecular flexibility index (Phi) is 3.81. The summed E-state index contributed by atoms with van der Waals surface area (Å²) < 4.78 is 0. The van der Waals surface area contributed by atoms with E-state index < -0.39 is 0 Å². The first-order valence-corrected chi connectivity index (χ1v) is 6.38. The largest absolute Gasteiger partial charge is 0.326 e. The Morgan fingerprint density at radius 2 is 2.05 bits per heavy atom. The van der Waals surface area contributed by atoms with Crippen molar-refractivity contribution in [1.82, 2.24) is 4.98 Å². The number of nitrogens with zero attached hydrogens (tertiary/aromatic N) is 1. The summed E-state index contributed by atoms with van der Waals surface area (Å²) >= 11 is 0. The monoisotopic (exact) mass is 257 g/mol. The Labute approximate surface area is 113 Å². The maximum absolute atomic E-state index is 11.9. The van der Waals surface area contributed by atoms with E-state index in [1.165, 1.54) is 0 Å². The fourth-order valence-corrected chi connectivity index (χ4v) is 1.85. The molecule has 0 radical (unpaired) electrons. The molecule has 1 amide bonds. The molecule has 0 saturated carbocycles. The fourth-order valence-electron chi connectivity index (χ4n) is 1.85. The maximum atomic E-state index is 11.9. The average Bonchev–Trinajstić information content (AvgIpc) is 2.36. The molecule has 0 atom stereocenters. The Morgan fingerprint density at radius 3 is 2.79 bits per heavy atom. The molecule has 1 aromatic carbocycles. The predicted molar refractivity (Wildman–Crippen MR) is 77.9 cm³/mol. The average molecular weight is 257 g/mol. The maximum Gasteiger partial charge on any atom is 0.224 e. The highest BCUT2D eigenvalue weighted by atomic mass is 16.1. The number of hydrogen-bond donors (Lipinski definition) is 2. The van der Waals surface area contributed by atoms with E-state index in [0.717, 1.165) is 16.6 Å². The van der Waals surface area contributed by atoms with Crippen LogP contribution >= 0.6 is 0 Å². The van der Waals surface area contributed by atoms with Crippen molar-refractivity contribution in [3.63, 3.8) is 0 Å². The van der Waals surface area contributed by atoms with Crippen molar-refractivity contribution >= 4 is 22.5 Å². The lowest BCUT2D eigenvalue weighted by molar-refractivity contribution is -0.116. The number of amides is 1. The number of rotatable bonds is 4. The Bertz CT molecular complexity index is 582. The number of nitrogens with one attached hydrogen (secondary N) is 1. The lowest BCUT2D eigenvalue weighted by Gasteiger charge is -2.17. The summed E-state index contributed by atoms with van der Waals surface area (Å²) in [5, 5.41) is 3.91. The number of nitrogens with two attached hydrogens (primary N) is 1. The number of fused-ring (bicyclic) bond motifs is 1. The highest BCUT2D eigenvalue weighted by molar-refractivity contribution is 6.00. The minimum Gasteiger partial charge on any atom is -0.326 e. The quantitative estimate of drug-likeness (QED) is 0.884. The molecule has 0 aliphatic carbocycles. The highest BCUT2D eigenvalue weighted by Gasteiger charge is 2.14. The third kappa shape index (κ3) is 3.76. The van der Waals surface area contributed by atoms with Gasteiger partial charge in [0.2, 0.25) is 5.91 Å². The van der Waals surface area contributed by atoms with Crippen LogP contribution < -0.4 is 11.1 Å². The van der Waals surface area contributed by atoms with E-state index in [1.807, 2.05) is 44.2 Å². The van der Waals surface area contributed by atoms with Crippen LogP contribution in [0.1, 0.15) is 26.7 Å². The Hall–Kier alpha value is -1.94. The van der Waals surface area contributed by atoms with Crippen molar-refractivity contribution in [2.24, 2.45) is 5.73 Å². The van der Waals surface area contributed by atoms with Crippen LogP contribution in [0.3, 0.4) is 0 Å².